The van der Waals surface area contributed by atoms with E-state index < -0.39 is 5.91 Å². The summed E-state index contributed by atoms with van der Waals surface area (Å²) >= 11 is 3.38. The highest BCUT2D eigenvalue weighted by atomic mass is 79.9. The fourth-order valence-electron chi connectivity index (χ4n) is 2.67. The topological polar surface area (TPSA) is 101 Å². The lowest BCUT2D eigenvalue weighted by molar-refractivity contribution is -0.118. The maximum Gasteiger partial charge on any atom is 0.322 e. The lowest BCUT2D eigenvalue weighted by Gasteiger charge is -2.22. The number of nitrogens with one attached hydrogen (secondary N) is 1. The molecule has 0 atom stereocenters. The molecule has 0 unspecified atom stereocenters. The molecule has 0 aliphatic carbocycles. The van der Waals surface area contributed by atoms with Crippen LogP contribution in [0.15, 0.2) is 68.6 Å². The molecule has 140 valence electrons. The SMILES string of the molecule is O=C(Nc1nnc(-c2cccc(Br)c2)o1)C1=NN(c2ccccc2)C(=O)CC1. The Labute approximate surface area is 168 Å². The van der Waals surface area contributed by atoms with Gasteiger partial charge in [-0.3, -0.25) is 14.9 Å². The van der Waals surface area contributed by atoms with Gasteiger partial charge in [-0.2, -0.15) is 5.10 Å². The highest BCUT2D eigenvalue weighted by Gasteiger charge is 2.26. The van der Waals surface area contributed by atoms with Gasteiger partial charge in [0.15, 0.2) is 0 Å². The Kier molecular flexibility index (Phi) is 4.98. The van der Waals surface area contributed by atoms with Crippen LogP contribution < -0.4 is 10.3 Å². The van der Waals surface area contributed by atoms with Gasteiger partial charge in [0.2, 0.25) is 11.8 Å². The summed E-state index contributed by atoms with van der Waals surface area (Å²) in [7, 11) is 0. The molecule has 0 radical (unpaired) electrons. The first-order valence-electron chi connectivity index (χ1n) is 8.46. The average Bonchev–Trinajstić information content (AvgIpc) is 3.17. The van der Waals surface area contributed by atoms with Crippen molar-refractivity contribution >= 4 is 45.2 Å². The highest BCUT2D eigenvalue weighted by Crippen LogP contribution is 2.24. The minimum Gasteiger partial charge on any atom is -0.403 e. The fourth-order valence-corrected chi connectivity index (χ4v) is 3.07. The molecule has 1 aliphatic rings. The van der Waals surface area contributed by atoms with E-state index in [4.69, 9.17) is 4.42 Å². The molecule has 2 heterocycles. The Morgan fingerprint density at radius 2 is 1.89 bits per heavy atom. The van der Waals surface area contributed by atoms with Crippen LogP contribution in [0.5, 0.6) is 0 Å². The summed E-state index contributed by atoms with van der Waals surface area (Å²) in [6, 6.07) is 16.3. The minimum atomic E-state index is -0.488. The van der Waals surface area contributed by atoms with Crippen molar-refractivity contribution in [3.05, 3.63) is 59.1 Å². The quantitative estimate of drug-likeness (QED) is 0.668. The zero-order valence-corrected chi connectivity index (χ0v) is 16.1. The molecule has 0 saturated heterocycles. The number of carbonyl (C=O) groups is 2. The minimum absolute atomic E-state index is 0.0363. The van der Waals surface area contributed by atoms with E-state index in [1.54, 1.807) is 24.3 Å². The van der Waals surface area contributed by atoms with Crippen molar-refractivity contribution in [2.45, 2.75) is 12.8 Å². The molecular weight excluding hydrogens is 426 g/mol. The van der Waals surface area contributed by atoms with Crippen molar-refractivity contribution in [3.8, 4) is 11.5 Å². The van der Waals surface area contributed by atoms with E-state index >= 15 is 0 Å². The number of para-hydroxylation sites is 1. The summed E-state index contributed by atoms with van der Waals surface area (Å²) in [4.78, 5) is 24.7. The van der Waals surface area contributed by atoms with Gasteiger partial charge in [-0.05, 0) is 30.3 Å². The number of benzene rings is 2. The molecule has 0 saturated carbocycles. The van der Waals surface area contributed by atoms with E-state index in [0.717, 1.165) is 10.0 Å². The predicted octanol–water partition coefficient (Wildman–Crippen LogP) is 3.62. The maximum absolute atomic E-state index is 12.5. The smallest absolute Gasteiger partial charge is 0.322 e. The van der Waals surface area contributed by atoms with Gasteiger partial charge in [-0.1, -0.05) is 45.3 Å². The van der Waals surface area contributed by atoms with E-state index in [0.29, 0.717) is 5.69 Å². The fraction of sp³-hybridized carbons (Fsp3) is 0.105. The second-order valence-corrected chi connectivity index (χ2v) is 6.88. The second kappa shape index (κ2) is 7.73. The molecule has 2 aromatic carbocycles. The van der Waals surface area contributed by atoms with Crippen molar-refractivity contribution in [3.63, 3.8) is 0 Å². The molecule has 0 bridgehead atoms. The standard InChI is InChI=1S/C19H14BrN5O3/c20-13-6-4-5-12(11-13)18-22-23-19(28-18)21-17(27)15-9-10-16(26)25(24-15)14-7-2-1-3-8-14/h1-8,11H,9-10H2,(H,21,23,27). The third-order valence-electron chi connectivity index (χ3n) is 4.01. The van der Waals surface area contributed by atoms with E-state index in [9.17, 15) is 9.59 Å². The van der Waals surface area contributed by atoms with E-state index in [2.05, 4.69) is 36.5 Å². The molecule has 1 aliphatic heterocycles. The van der Waals surface area contributed by atoms with Crippen LogP contribution in [0.25, 0.3) is 11.5 Å². The summed E-state index contributed by atoms with van der Waals surface area (Å²) in [5.41, 5.74) is 1.54. The first kappa shape index (κ1) is 18.1. The lowest BCUT2D eigenvalue weighted by atomic mass is 10.1. The number of carbonyl (C=O) groups excluding carboxylic acids is 2. The number of rotatable bonds is 4. The highest BCUT2D eigenvalue weighted by molar-refractivity contribution is 9.10. The summed E-state index contributed by atoms with van der Waals surface area (Å²) in [5, 5.41) is 15.8. The van der Waals surface area contributed by atoms with Gasteiger partial charge in [0.25, 0.3) is 5.91 Å². The van der Waals surface area contributed by atoms with Crippen LogP contribution in [0.3, 0.4) is 0 Å². The van der Waals surface area contributed by atoms with E-state index in [1.807, 2.05) is 30.3 Å². The van der Waals surface area contributed by atoms with Gasteiger partial charge in [-0.15, -0.1) is 5.10 Å². The molecule has 0 spiro atoms. The Morgan fingerprint density at radius 3 is 2.68 bits per heavy atom. The van der Waals surface area contributed by atoms with Crippen molar-refractivity contribution in [1.82, 2.24) is 10.2 Å². The number of aromatic nitrogens is 2. The molecule has 1 aromatic heterocycles. The van der Waals surface area contributed by atoms with Crippen LogP contribution in [0.2, 0.25) is 0 Å². The first-order valence-corrected chi connectivity index (χ1v) is 9.26. The molecule has 2 amide bonds. The summed E-state index contributed by atoms with van der Waals surface area (Å²) < 4.78 is 6.38. The average molecular weight is 440 g/mol. The molecule has 4 rings (SSSR count). The van der Waals surface area contributed by atoms with Crippen molar-refractivity contribution in [2.75, 3.05) is 10.3 Å². The van der Waals surface area contributed by atoms with Gasteiger partial charge < -0.3 is 4.42 Å². The zero-order chi connectivity index (χ0) is 19.5. The van der Waals surface area contributed by atoms with Crippen LogP contribution >= 0.6 is 15.9 Å². The van der Waals surface area contributed by atoms with Gasteiger partial charge in [-0.25, -0.2) is 5.01 Å². The van der Waals surface area contributed by atoms with Crippen molar-refractivity contribution < 1.29 is 14.0 Å². The molecule has 0 fully saturated rings. The molecule has 3 aromatic rings. The predicted molar refractivity (Wildman–Crippen MR) is 107 cm³/mol. The van der Waals surface area contributed by atoms with E-state index in [1.165, 1.54) is 5.01 Å². The van der Waals surface area contributed by atoms with E-state index in [-0.39, 0.29) is 36.4 Å². The normalized spacial score (nSPS) is 14.0. The maximum atomic E-state index is 12.5. The number of hydrogen-bond acceptors (Lipinski definition) is 6. The van der Waals surface area contributed by atoms with Gasteiger partial charge in [0.05, 0.1) is 5.69 Å². The van der Waals surface area contributed by atoms with Crippen molar-refractivity contribution in [1.29, 1.82) is 0 Å². The van der Waals surface area contributed by atoms with Crippen LogP contribution in [-0.2, 0) is 9.59 Å². The summed E-state index contributed by atoms with van der Waals surface area (Å²) in [5.74, 6) is -0.376. The lowest BCUT2D eigenvalue weighted by Crippen LogP contribution is -2.36. The molecule has 9 heteroatoms. The van der Waals surface area contributed by atoms with Gasteiger partial charge >= 0.3 is 6.01 Å². The first-order chi connectivity index (χ1) is 13.6. The van der Waals surface area contributed by atoms with Crippen LogP contribution in [0, 0.1) is 0 Å². The van der Waals surface area contributed by atoms with Crippen LogP contribution in [0.1, 0.15) is 12.8 Å². The Balaban J connectivity index is 1.51. The number of hydrazone groups is 1. The molecule has 28 heavy (non-hydrogen) atoms. The van der Waals surface area contributed by atoms with Gasteiger partial charge in [0.1, 0.15) is 5.71 Å². The number of nitrogens with zero attached hydrogens (tertiary/aromatic N) is 4. The third-order valence-corrected chi connectivity index (χ3v) is 4.51. The zero-order valence-electron chi connectivity index (χ0n) is 14.5. The van der Waals surface area contributed by atoms with Crippen molar-refractivity contribution in [2.24, 2.45) is 5.10 Å². The number of halogens is 1. The molecular formula is C19H14BrN5O3. The Bertz CT molecular complexity index is 1060. The second-order valence-electron chi connectivity index (χ2n) is 5.96. The Morgan fingerprint density at radius 1 is 1.07 bits per heavy atom. The number of anilines is 2. The molecule has 8 nitrogen and oxygen atoms in total. The number of amides is 2. The monoisotopic (exact) mass is 439 g/mol. The van der Waals surface area contributed by atoms with Crippen LogP contribution in [-0.4, -0.2) is 27.7 Å². The van der Waals surface area contributed by atoms with Crippen LogP contribution in [0.4, 0.5) is 11.7 Å². The third kappa shape index (κ3) is 3.84. The van der Waals surface area contributed by atoms with Gasteiger partial charge in [0, 0.05) is 22.9 Å². The summed E-state index contributed by atoms with van der Waals surface area (Å²) in [6.07, 6.45) is 0.425. The Hall–Kier alpha value is -3.33. The number of hydrogen-bond donors (Lipinski definition) is 1. The molecule has 1 N–H and O–H groups in total. The summed E-state index contributed by atoms with van der Waals surface area (Å²) in [6.45, 7) is 0. The largest absolute Gasteiger partial charge is 0.403 e.